The molecule has 0 saturated carbocycles. The second kappa shape index (κ2) is 2.26. The van der Waals surface area contributed by atoms with Gasteiger partial charge < -0.3 is 5.11 Å². The molecule has 0 fully saturated rings. The molecule has 60 valence electrons. The third kappa shape index (κ3) is 0.895. The Balaban J connectivity index is 2.68. The maximum absolute atomic E-state index is 10.4. The summed E-state index contributed by atoms with van der Waals surface area (Å²) < 4.78 is 1.31. The average molecular weight is 164 g/mol. The molecule has 0 radical (unpaired) electrons. The number of aromatic carboxylic acids is 1. The van der Waals surface area contributed by atoms with E-state index >= 15 is 0 Å². The number of carbonyl (C=O) groups is 1. The summed E-state index contributed by atoms with van der Waals surface area (Å²) in [6, 6.07) is 2.93. The van der Waals surface area contributed by atoms with E-state index in [9.17, 15) is 4.79 Å². The molecule has 0 atom stereocenters. The van der Waals surface area contributed by atoms with Crippen LogP contribution in [0.25, 0.3) is 5.65 Å². The van der Waals surface area contributed by atoms with Gasteiger partial charge in [0.15, 0.2) is 11.3 Å². The Morgan fingerprint density at radius 2 is 2.33 bits per heavy atom. The van der Waals surface area contributed by atoms with Crippen LogP contribution in [0.3, 0.4) is 0 Å². The van der Waals surface area contributed by atoms with Crippen LogP contribution in [-0.4, -0.2) is 30.9 Å². The SMILES string of the molecule is O=C(O)c1ccc2nncn2n1. The molecular formula is C6H4N4O2. The van der Waals surface area contributed by atoms with Crippen LogP contribution in [0.1, 0.15) is 10.5 Å². The largest absolute Gasteiger partial charge is 0.476 e. The van der Waals surface area contributed by atoms with Gasteiger partial charge in [-0.2, -0.15) is 9.61 Å². The van der Waals surface area contributed by atoms with Gasteiger partial charge in [-0.1, -0.05) is 0 Å². The van der Waals surface area contributed by atoms with Crippen molar-refractivity contribution in [2.45, 2.75) is 0 Å². The van der Waals surface area contributed by atoms with Gasteiger partial charge in [-0.3, -0.25) is 0 Å². The molecule has 0 amide bonds. The molecule has 0 spiro atoms. The zero-order chi connectivity index (χ0) is 8.55. The molecule has 0 aliphatic heterocycles. The Morgan fingerprint density at radius 3 is 3.08 bits per heavy atom. The van der Waals surface area contributed by atoms with E-state index in [1.54, 1.807) is 6.07 Å². The first-order valence-electron chi connectivity index (χ1n) is 3.18. The minimum Gasteiger partial charge on any atom is -0.476 e. The van der Waals surface area contributed by atoms with E-state index < -0.39 is 5.97 Å². The van der Waals surface area contributed by atoms with E-state index in [-0.39, 0.29) is 5.69 Å². The van der Waals surface area contributed by atoms with Crippen molar-refractivity contribution in [2.24, 2.45) is 0 Å². The number of nitrogens with zero attached hydrogens (tertiary/aromatic N) is 4. The first-order chi connectivity index (χ1) is 5.77. The maximum atomic E-state index is 10.4. The third-order valence-electron chi connectivity index (χ3n) is 1.38. The zero-order valence-corrected chi connectivity index (χ0v) is 5.88. The van der Waals surface area contributed by atoms with E-state index in [4.69, 9.17) is 5.11 Å². The highest BCUT2D eigenvalue weighted by atomic mass is 16.4. The van der Waals surface area contributed by atoms with Crippen LogP contribution in [0.15, 0.2) is 18.5 Å². The average Bonchev–Trinajstić information content (AvgIpc) is 2.49. The predicted molar refractivity (Wildman–Crippen MR) is 37.7 cm³/mol. The number of fused-ring (bicyclic) bond motifs is 1. The van der Waals surface area contributed by atoms with Gasteiger partial charge in [-0.05, 0) is 12.1 Å². The quantitative estimate of drug-likeness (QED) is 0.632. The molecular weight excluding hydrogens is 160 g/mol. The molecule has 2 heterocycles. The minimum atomic E-state index is -1.06. The normalized spacial score (nSPS) is 10.3. The van der Waals surface area contributed by atoms with Gasteiger partial charge >= 0.3 is 5.97 Å². The number of hydrogen-bond donors (Lipinski definition) is 1. The molecule has 6 heteroatoms. The summed E-state index contributed by atoms with van der Waals surface area (Å²) >= 11 is 0. The zero-order valence-electron chi connectivity index (χ0n) is 5.88. The van der Waals surface area contributed by atoms with Crippen LogP contribution >= 0.6 is 0 Å². The highest BCUT2D eigenvalue weighted by molar-refractivity contribution is 5.85. The number of carboxylic acids is 1. The summed E-state index contributed by atoms with van der Waals surface area (Å²) in [6.45, 7) is 0. The Labute approximate surface area is 66.5 Å². The summed E-state index contributed by atoms with van der Waals surface area (Å²) in [4.78, 5) is 10.4. The van der Waals surface area contributed by atoms with Crippen molar-refractivity contribution in [3.8, 4) is 0 Å². The lowest BCUT2D eigenvalue weighted by Crippen LogP contribution is -2.03. The molecule has 2 rings (SSSR count). The van der Waals surface area contributed by atoms with Gasteiger partial charge in [0.05, 0.1) is 0 Å². The van der Waals surface area contributed by atoms with Gasteiger partial charge in [0.1, 0.15) is 6.33 Å². The molecule has 0 saturated heterocycles. The van der Waals surface area contributed by atoms with Crippen LogP contribution in [0.5, 0.6) is 0 Å². The van der Waals surface area contributed by atoms with E-state index in [2.05, 4.69) is 15.3 Å². The highest BCUT2D eigenvalue weighted by Crippen LogP contribution is 1.98. The third-order valence-corrected chi connectivity index (χ3v) is 1.38. The summed E-state index contributed by atoms with van der Waals surface area (Å²) in [5, 5.41) is 19.5. The molecule has 6 nitrogen and oxygen atoms in total. The van der Waals surface area contributed by atoms with Crippen LogP contribution in [0.4, 0.5) is 0 Å². The Morgan fingerprint density at radius 1 is 1.50 bits per heavy atom. The lowest BCUT2D eigenvalue weighted by Gasteiger charge is -1.92. The van der Waals surface area contributed by atoms with Crippen molar-refractivity contribution < 1.29 is 9.90 Å². The second-order valence-corrected chi connectivity index (χ2v) is 2.16. The molecule has 0 unspecified atom stereocenters. The Kier molecular flexibility index (Phi) is 1.26. The van der Waals surface area contributed by atoms with E-state index in [1.807, 2.05) is 0 Å². The summed E-state index contributed by atoms with van der Waals surface area (Å²) in [5.41, 5.74) is 0.502. The summed E-state index contributed by atoms with van der Waals surface area (Å²) in [7, 11) is 0. The second-order valence-electron chi connectivity index (χ2n) is 2.16. The maximum Gasteiger partial charge on any atom is 0.356 e. The Hall–Kier alpha value is -1.98. The number of carboxylic acid groups (broad SMARTS) is 1. The summed E-state index contributed by atoms with van der Waals surface area (Å²) in [6.07, 6.45) is 1.35. The first kappa shape index (κ1) is 6.71. The molecule has 0 aromatic carbocycles. The van der Waals surface area contributed by atoms with Crippen LogP contribution in [-0.2, 0) is 0 Å². The lowest BCUT2D eigenvalue weighted by atomic mass is 10.4. The van der Waals surface area contributed by atoms with Gasteiger partial charge in [0.25, 0.3) is 0 Å². The fourth-order valence-electron chi connectivity index (χ4n) is 0.843. The molecule has 2 aromatic heterocycles. The highest BCUT2D eigenvalue weighted by Gasteiger charge is 2.05. The number of aromatic nitrogens is 4. The van der Waals surface area contributed by atoms with Crippen molar-refractivity contribution in [1.29, 1.82) is 0 Å². The fourth-order valence-corrected chi connectivity index (χ4v) is 0.843. The fraction of sp³-hybridized carbons (Fsp3) is 0. The van der Waals surface area contributed by atoms with E-state index in [0.717, 1.165) is 0 Å². The monoisotopic (exact) mass is 164 g/mol. The standard InChI is InChI=1S/C6H4N4O2/c11-6(12)4-1-2-5-8-7-3-10(5)9-4/h1-3H,(H,11,12). The van der Waals surface area contributed by atoms with Gasteiger partial charge in [0, 0.05) is 0 Å². The Bertz CT molecular complexity index is 436. The molecule has 2 aromatic rings. The van der Waals surface area contributed by atoms with Crippen molar-refractivity contribution in [1.82, 2.24) is 19.8 Å². The van der Waals surface area contributed by atoms with Gasteiger partial charge in [0.2, 0.25) is 0 Å². The van der Waals surface area contributed by atoms with E-state index in [1.165, 1.54) is 16.9 Å². The van der Waals surface area contributed by atoms with Crippen molar-refractivity contribution in [2.75, 3.05) is 0 Å². The van der Waals surface area contributed by atoms with Crippen LogP contribution in [0, 0.1) is 0 Å². The van der Waals surface area contributed by atoms with Crippen molar-refractivity contribution in [3.63, 3.8) is 0 Å². The van der Waals surface area contributed by atoms with Crippen molar-refractivity contribution in [3.05, 3.63) is 24.2 Å². The van der Waals surface area contributed by atoms with E-state index in [0.29, 0.717) is 5.65 Å². The molecule has 0 aliphatic carbocycles. The molecule has 0 aliphatic rings. The summed E-state index contributed by atoms with van der Waals surface area (Å²) in [5.74, 6) is -1.06. The minimum absolute atomic E-state index is 0.0256. The van der Waals surface area contributed by atoms with Crippen molar-refractivity contribution >= 4 is 11.6 Å². The first-order valence-corrected chi connectivity index (χ1v) is 3.18. The smallest absolute Gasteiger partial charge is 0.356 e. The number of hydrogen-bond acceptors (Lipinski definition) is 4. The van der Waals surface area contributed by atoms with Crippen LogP contribution < -0.4 is 0 Å². The van der Waals surface area contributed by atoms with Gasteiger partial charge in [-0.25, -0.2) is 4.79 Å². The number of rotatable bonds is 1. The lowest BCUT2D eigenvalue weighted by molar-refractivity contribution is 0.0689. The predicted octanol–water partition coefficient (Wildman–Crippen LogP) is -0.177. The van der Waals surface area contributed by atoms with Crippen LogP contribution in [0.2, 0.25) is 0 Å². The molecule has 12 heavy (non-hydrogen) atoms. The molecule has 1 N–H and O–H groups in total. The molecule has 0 bridgehead atoms. The van der Waals surface area contributed by atoms with Gasteiger partial charge in [-0.15, -0.1) is 10.2 Å². The topological polar surface area (TPSA) is 80.4 Å².